The van der Waals surface area contributed by atoms with E-state index in [1.54, 1.807) is 0 Å². The van der Waals surface area contributed by atoms with Gasteiger partial charge in [0.15, 0.2) is 0 Å². The fraction of sp³-hybridized carbons (Fsp3) is 0.675. The van der Waals surface area contributed by atoms with Crippen molar-refractivity contribution in [3.05, 3.63) is 71.8 Å². The van der Waals surface area contributed by atoms with Gasteiger partial charge in [-0.1, -0.05) is 123 Å². The summed E-state index contributed by atoms with van der Waals surface area (Å²) in [6.45, 7) is 25.9. The number of likely N-dealkylation sites (tertiary alicyclic amines) is 2. The fourth-order valence-electron chi connectivity index (χ4n) is 8.19. The van der Waals surface area contributed by atoms with Crippen LogP contribution in [0, 0.1) is 35.5 Å². The van der Waals surface area contributed by atoms with Crippen LogP contribution in [-0.2, 0) is 9.53 Å². The number of carbonyl (C=O) groups is 1. The fourth-order valence-corrected chi connectivity index (χ4v) is 8.19. The lowest BCUT2D eigenvalue weighted by Crippen LogP contribution is -2.44. The highest BCUT2D eigenvalue weighted by molar-refractivity contribution is 5.84. The highest BCUT2D eigenvalue weighted by Gasteiger charge is 2.40. The average molecular weight is 605 g/mol. The Labute approximate surface area is 270 Å². The highest BCUT2D eigenvalue weighted by atomic mass is 16.5. The van der Waals surface area contributed by atoms with Crippen LogP contribution in [0.25, 0.3) is 0 Å². The van der Waals surface area contributed by atoms with Crippen LogP contribution in [-0.4, -0.2) is 60.6 Å². The molecule has 0 radical (unpaired) electrons. The molecule has 0 saturated carbocycles. The second kappa shape index (κ2) is 16.9. The number of ether oxygens (including phenoxy) is 1. The highest BCUT2D eigenvalue weighted by Crippen LogP contribution is 2.38. The van der Waals surface area contributed by atoms with Gasteiger partial charge < -0.3 is 9.64 Å². The van der Waals surface area contributed by atoms with Crippen LogP contribution < -0.4 is 0 Å². The molecule has 4 heteroatoms. The zero-order chi connectivity index (χ0) is 32.6. The first-order valence-electron chi connectivity index (χ1n) is 17.5. The first kappa shape index (κ1) is 36.3. The van der Waals surface area contributed by atoms with Crippen molar-refractivity contribution in [2.75, 3.05) is 26.8 Å². The normalized spacial score (nSPS) is 24.6. The Kier molecular flexibility index (Phi) is 14.0. The molecule has 0 N–H and O–H groups in total. The molecule has 2 aliphatic heterocycles. The molecule has 246 valence electrons. The number of nitrogens with zero attached hydrogens (tertiary/aromatic N) is 2. The summed E-state index contributed by atoms with van der Waals surface area (Å²) in [5.41, 5.74) is 2.63. The molecule has 7 atom stereocenters. The summed E-state index contributed by atoms with van der Waals surface area (Å²) >= 11 is 0. The zero-order valence-electron chi connectivity index (χ0n) is 29.9. The smallest absolute Gasteiger partial charge is 0.230 e. The molecule has 44 heavy (non-hydrogen) atoms. The molecule has 1 amide bonds. The summed E-state index contributed by atoms with van der Waals surface area (Å²) in [5, 5.41) is 0. The minimum atomic E-state index is -0.0160. The van der Waals surface area contributed by atoms with Gasteiger partial charge in [0.2, 0.25) is 5.91 Å². The third-order valence-electron chi connectivity index (χ3n) is 10.3. The third kappa shape index (κ3) is 9.19. The molecule has 2 aliphatic rings. The van der Waals surface area contributed by atoms with E-state index in [9.17, 15) is 4.79 Å². The standard InChI is InChI=1S/C21H35NO.C19H29NO/c1-15(2)20-12-18(14-23-6)13-22(20)17(5)21(16(3)4)19-10-8-7-9-11-19;1-13(2)17-11-15(5)12-20(17)19(21)18(14(3)4)16-9-7-6-8-10-16/h7-11,15-18,20-21H,12-14H2,1-6H3;6-10,13-15,17-18H,11-12H2,1-5H3/t17?,18?,20-,21?;15?,17-,18?/m00/s1. The topological polar surface area (TPSA) is 32.8 Å². The first-order chi connectivity index (χ1) is 20.9. The number of amides is 1. The summed E-state index contributed by atoms with van der Waals surface area (Å²) in [6, 6.07) is 23.0. The molecular formula is C40H64N2O2. The summed E-state index contributed by atoms with van der Waals surface area (Å²) in [4.78, 5) is 18.1. The Hall–Kier alpha value is -2.17. The van der Waals surface area contributed by atoms with Crippen molar-refractivity contribution in [2.45, 2.75) is 112 Å². The van der Waals surface area contributed by atoms with Crippen LogP contribution in [0.5, 0.6) is 0 Å². The first-order valence-corrected chi connectivity index (χ1v) is 17.5. The van der Waals surface area contributed by atoms with Crippen molar-refractivity contribution in [1.82, 2.24) is 9.80 Å². The number of carbonyl (C=O) groups excluding carboxylic acids is 1. The molecule has 2 fully saturated rings. The molecule has 0 spiro atoms. The maximum absolute atomic E-state index is 13.2. The minimum Gasteiger partial charge on any atom is -0.384 e. The van der Waals surface area contributed by atoms with E-state index in [0.29, 0.717) is 65.5 Å². The minimum absolute atomic E-state index is 0.0160. The van der Waals surface area contributed by atoms with E-state index in [0.717, 1.165) is 25.1 Å². The van der Waals surface area contributed by atoms with Gasteiger partial charge >= 0.3 is 0 Å². The Morgan fingerprint density at radius 3 is 1.77 bits per heavy atom. The molecule has 4 nitrogen and oxygen atoms in total. The van der Waals surface area contributed by atoms with Crippen molar-refractivity contribution in [3.63, 3.8) is 0 Å². The SMILES string of the molecule is CC1C[C@@H](C(C)C)N(C(=O)C(c2ccccc2)C(C)C)C1.COCC1C[C@@H](C(C)C)N(C(C)C(c2ccccc2)C(C)C)C1. The van der Waals surface area contributed by atoms with Crippen LogP contribution in [0.3, 0.4) is 0 Å². The van der Waals surface area contributed by atoms with Crippen LogP contribution >= 0.6 is 0 Å². The Morgan fingerprint density at radius 2 is 1.30 bits per heavy atom. The molecule has 2 aromatic carbocycles. The summed E-state index contributed by atoms with van der Waals surface area (Å²) in [6.07, 6.45) is 2.42. The maximum Gasteiger partial charge on any atom is 0.230 e. The molecule has 4 rings (SSSR count). The molecule has 2 aromatic rings. The Balaban J connectivity index is 0.000000241. The van der Waals surface area contributed by atoms with Crippen LogP contribution in [0.2, 0.25) is 0 Å². The zero-order valence-corrected chi connectivity index (χ0v) is 29.9. The lowest BCUT2D eigenvalue weighted by molar-refractivity contribution is -0.135. The van der Waals surface area contributed by atoms with E-state index in [-0.39, 0.29) is 5.92 Å². The number of rotatable bonds is 11. The van der Waals surface area contributed by atoms with E-state index in [1.807, 2.05) is 25.3 Å². The second-order valence-electron chi connectivity index (χ2n) is 15.3. The Bertz CT molecular complexity index is 1100. The molecule has 2 saturated heterocycles. The van der Waals surface area contributed by atoms with Gasteiger partial charge in [-0.15, -0.1) is 0 Å². The Morgan fingerprint density at radius 1 is 0.750 bits per heavy atom. The van der Waals surface area contributed by atoms with Crippen molar-refractivity contribution < 1.29 is 9.53 Å². The number of methoxy groups -OCH3 is 1. The van der Waals surface area contributed by atoms with Crippen molar-refractivity contribution >= 4 is 5.91 Å². The molecule has 2 heterocycles. The summed E-state index contributed by atoms with van der Waals surface area (Å²) in [7, 11) is 1.83. The van der Waals surface area contributed by atoms with Gasteiger partial charge in [-0.3, -0.25) is 9.69 Å². The van der Waals surface area contributed by atoms with Crippen molar-refractivity contribution in [2.24, 2.45) is 35.5 Å². The lowest BCUT2D eigenvalue weighted by atomic mass is 9.82. The third-order valence-corrected chi connectivity index (χ3v) is 10.3. The van der Waals surface area contributed by atoms with Gasteiger partial charge in [0.1, 0.15) is 0 Å². The van der Waals surface area contributed by atoms with Gasteiger partial charge in [-0.25, -0.2) is 0 Å². The quantitative estimate of drug-likeness (QED) is 0.256. The van der Waals surface area contributed by atoms with E-state index in [1.165, 1.54) is 18.5 Å². The van der Waals surface area contributed by atoms with E-state index >= 15 is 0 Å². The van der Waals surface area contributed by atoms with Crippen molar-refractivity contribution in [1.29, 1.82) is 0 Å². The summed E-state index contributed by atoms with van der Waals surface area (Å²) < 4.78 is 5.45. The predicted molar refractivity (Wildman–Crippen MR) is 187 cm³/mol. The van der Waals surface area contributed by atoms with Crippen molar-refractivity contribution in [3.8, 4) is 0 Å². The van der Waals surface area contributed by atoms with Gasteiger partial charge in [0.25, 0.3) is 0 Å². The van der Waals surface area contributed by atoms with Gasteiger partial charge in [0.05, 0.1) is 12.5 Å². The van der Waals surface area contributed by atoms with Crippen LogP contribution in [0.1, 0.15) is 105 Å². The van der Waals surface area contributed by atoms with E-state index in [2.05, 4.69) is 122 Å². The maximum atomic E-state index is 13.2. The second-order valence-corrected chi connectivity index (χ2v) is 15.3. The van der Waals surface area contributed by atoms with Crippen LogP contribution in [0.4, 0.5) is 0 Å². The van der Waals surface area contributed by atoms with E-state index < -0.39 is 0 Å². The number of hydrogen-bond acceptors (Lipinski definition) is 3. The molecule has 5 unspecified atom stereocenters. The average Bonchev–Trinajstić information content (AvgIpc) is 3.59. The van der Waals surface area contributed by atoms with Gasteiger partial charge in [-0.2, -0.15) is 0 Å². The van der Waals surface area contributed by atoms with Crippen LogP contribution in [0.15, 0.2) is 60.7 Å². The number of benzene rings is 2. The van der Waals surface area contributed by atoms with Gasteiger partial charge in [-0.05, 0) is 66.4 Å². The lowest BCUT2D eigenvalue weighted by Gasteiger charge is -2.39. The molecule has 0 aromatic heterocycles. The van der Waals surface area contributed by atoms with Gasteiger partial charge in [0, 0.05) is 44.2 Å². The molecular weight excluding hydrogens is 540 g/mol. The predicted octanol–water partition coefficient (Wildman–Crippen LogP) is 9.13. The van der Waals surface area contributed by atoms with E-state index in [4.69, 9.17) is 4.74 Å². The largest absolute Gasteiger partial charge is 0.384 e. The summed E-state index contributed by atoms with van der Waals surface area (Å²) in [5.74, 6) is 4.37. The molecule has 0 aliphatic carbocycles. The number of hydrogen-bond donors (Lipinski definition) is 0. The molecule has 0 bridgehead atoms. The monoisotopic (exact) mass is 604 g/mol.